The summed E-state index contributed by atoms with van der Waals surface area (Å²) in [6.07, 6.45) is 0. The minimum atomic E-state index is -0.523. The van der Waals surface area contributed by atoms with Gasteiger partial charge in [-0.2, -0.15) is 0 Å². The third kappa shape index (κ3) is 3.70. The van der Waals surface area contributed by atoms with Gasteiger partial charge in [-0.05, 0) is 11.6 Å². The van der Waals surface area contributed by atoms with Crippen molar-refractivity contribution in [1.82, 2.24) is 0 Å². The molecule has 2 rings (SSSR count). The smallest absolute Gasteiger partial charge is 0.311 e. The van der Waals surface area contributed by atoms with Crippen LogP contribution in [0.3, 0.4) is 0 Å². The van der Waals surface area contributed by atoms with Gasteiger partial charge in [-0.25, -0.2) is 0 Å². The normalized spacial score (nSPS) is 10.1. The highest BCUT2D eigenvalue weighted by molar-refractivity contribution is 6.30. The summed E-state index contributed by atoms with van der Waals surface area (Å²) in [5.74, 6) is 0.0936. The van der Waals surface area contributed by atoms with E-state index in [0.717, 1.165) is 5.56 Å². The van der Waals surface area contributed by atoms with Crippen molar-refractivity contribution in [2.45, 2.75) is 6.61 Å². The first kappa shape index (κ1) is 14.8. The molecule has 0 amide bonds. The van der Waals surface area contributed by atoms with Gasteiger partial charge >= 0.3 is 5.69 Å². The first-order valence-corrected chi connectivity index (χ1v) is 6.35. The molecule has 0 aliphatic heterocycles. The highest BCUT2D eigenvalue weighted by atomic mass is 35.5. The second kappa shape index (κ2) is 6.23. The lowest BCUT2D eigenvalue weighted by molar-refractivity contribution is -0.385. The van der Waals surface area contributed by atoms with E-state index in [2.05, 4.69) is 0 Å². The molecular weight excluding hydrogens is 294 g/mol. The SMILES string of the molecule is N=C(N)c1ccc(COc2cc(Cl)ccc2[N+](=O)[O-])cc1. The van der Waals surface area contributed by atoms with Crippen molar-refractivity contribution in [3.63, 3.8) is 0 Å². The van der Waals surface area contributed by atoms with Crippen LogP contribution in [0.4, 0.5) is 5.69 Å². The number of nitrogens with zero attached hydrogens (tertiary/aromatic N) is 1. The number of amidine groups is 1. The zero-order valence-electron chi connectivity index (χ0n) is 10.9. The standard InChI is InChI=1S/C14H12ClN3O3/c15-11-5-6-12(18(19)20)13(7-11)21-8-9-1-3-10(4-2-9)14(16)17/h1-7H,8H2,(H3,16,17). The highest BCUT2D eigenvalue weighted by Crippen LogP contribution is 2.30. The Morgan fingerprint density at radius 1 is 1.29 bits per heavy atom. The lowest BCUT2D eigenvalue weighted by Crippen LogP contribution is -2.10. The van der Waals surface area contributed by atoms with Gasteiger partial charge in [0.2, 0.25) is 0 Å². The Morgan fingerprint density at radius 3 is 2.52 bits per heavy atom. The Hall–Kier alpha value is -2.60. The molecule has 0 aromatic heterocycles. The van der Waals surface area contributed by atoms with E-state index in [0.29, 0.717) is 10.6 Å². The summed E-state index contributed by atoms with van der Waals surface area (Å²) in [6.45, 7) is 0.152. The second-order valence-electron chi connectivity index (χ2n) is 4.27. The first-order chi connectivity index (χ1) is 9.97. The maximum atomic E-state index is 10.9. The Labute approximate surface area is 125 Å². The number of rotatable bonds is 5. The molecule has 0 saturated heterocycles. The quantitative estimate of drug-likeness (QED) is 0.383. The molecule has 0 unspecified atom stereocenters. The number of nitro benzene ring substituents is 1. The maximum absolute atomic E-state index is 10.9. The molecule has 0 aliphatic carbocycles. The van der Waals surface area contributed by atoms with Crippen molar-refractivity contribution in [1.29, 1.82) is 5.41 Å². The zero-order chi connectivity index (χ0) is 15.4. The van der Waals surface area contributed by atoms with Gasteiger partial charge in [0, 0.05) is 22.7 Å². The summed E-state index contributed by atoms with van der Waals surface area (Å²) in [5.41, 5.74) is 6.63. The van der Waals surface area contributed by atoms with E-state index in [1.54, 1.807) is 24.3 Å². The van der Waals surface area contributed by atoms with Crippen LogP contribution in [-0.2, 0) is 6.61 Å². The Balaban J connectivity index is 2.14. The molecule has 2 aromatic rings. The monoisotopic (exact) mass is 305 g/mol. The van der Waals surface area contributed by atoms with E-state index in [1.807, 2.05) is 0 Å². The number of halogens is 1. The van der Waals surface area contributed by atoms with Gasteiger partial charge in [-0.3, -0.25) is 15.5 Å². The van der Waals surface area contributed by atoms with Crippen LogP contribution in [0.25, 0.3) is 0 Å². The van der Waals surface area contributed by atoms with E-state index in [4.69, 9.17) is 27.5 Å². The van der Waals surface area contributed by atoms with Crippen LogP contribution in [0.1, 0.15) is 11.1 Å². The van der Waals surface area contributed by atoms with E-state index in [-0.39, 0.29) is 23.9 Å². The molecule has 3 N–H and O–H groups in total. The van der Waals surface area contributed by atoms with Crippen LogP contribution in [-0.4, -0.2) is 10.8 Å². The highest BCUT2D eigenvalue weighted by Gasteiger charge is 2.15. The topological polar surface area (TPSA) is 102 Å². The molecule has 0 fully saturated rings. The molecule has 0 saturated carbocycles. The number of ether oxygens (including phenoxy) is 1. The lowest BCUT2D eigenvalue weighted by atomic mass is 10.1. The molecule has 0 bridgehead atoms. The van der Waals surface area contributed by atoms with E-state index in [9.17, 15) is 10.1 Å². The van der Waals surface area contributed by atoms with Crippen molar-refractivity contribution in [2.75, 3.05) is 0 Å². The molecule has 2 aromatic carbocycles. The Bertz CT molecular complexity index is 686. The summed E-state index contributed by atoms with van der Waals surface area (Å²) in [5, 5.41) is 18.6. The summed E-state index contributed by atoms with van der Waals surface area (Å²) in [4.78, 5) is 10.4. The van der Waals surface area contributed by atoms with Crippen molar-refractivity contribution in [3.05, 3.63) is 68.7 Å². The summed E-state index contributed by atoms with van der Waals surface area (Å²) < 4.78 is 5.45. The molecule has 0 heterocycles. The predicted molar refractivity (Wildman–Crippen MR) is 79.9 cm³/mol. The van der Waals surface area contributed by atoms with Gasteiger partial charge in [0.15, 0.2) is 5.75 Å². The summed E-state index contributed by atoms with van der Waals surface area (Å²) >= 11 is 5.82. The van der Waals surface area contributed by atoms with E-state index in [1.165, 1.54) is 18.2 Å². The van der Waals surface area contributed by atoms with E-state index < -0.39 is 4.92 Å². The first-order valence-electron chi connectivity index (χ1n) is 5.97. The number of benzene rings is 2. The van der Waals surface area contributed by atoms with Crippen molar-refractivity contribution < 1.29 is 9.66 Å². The summed E-state index contributed by atoms with van der Waals surface area (Å²) in [6, 6.07) is 11.0. The van der Waals surface area contributed by atoms with Crippen LogP contribution in [0.5, 0.6) is 5.75 Å². The van der Waals surface area contributed by atoms with Gasteiger partial charge in [0.05, 0.1) is 4.92 Å². The third-order valence-corrected chi connectivity index (χ3v) is 3.01. The molecule has 0 spiro atoms. The predicted octanol–water partition coefficient (Wildman–Crippen LogP) is 3.11. The number of nitrogens with two attached hydrogens (primary N) is 1. The fourth-order valence-electron chi connectivity index (χ4n) is 1.70. The fraction of sp³-hybridized carbons (Fsp3) is 0.0714. The molecule has 0 radical (unpaired) electrons. The number of nitrogens with one attached hydrogen (secondary N) is 1. The minimum Gasteiger partial charge on any atom is -0.482 e. The van der Waals surface area contributed by atoms with Crippen LogP contribution >= 0.6 is 11.6 Å². The average Bonchev–Trinajstić information content (AvgIpc) is 2.45. The van der Waals surface area contributed by atoms with Crippen molar-refractivity contribution in [2.24, 2.45) is 5.73 Å². The molecule has 108 valence electrons. The maximum Gasteiger partial charge on any atom is 0.311 e. The molecule has 21 heavy (non-hydrogen) atoms. The zero-order valence-corrected chi connectivity index (χ0v) is 11.6. The summed E-state index contributed by atoms with van der Waals surface area (Å²) in [7, 11) is 0. The van der Waals surface area contributed by atoms with Gasteiger partial charge in [0.1, 0.15) is 12.4 Å². The van der Waals surface area contributed by atoms with Gasteiger partial charge in [0.25, 0.3) is 0 Å². The largest absolute Gasteiger partial charge is 0.482 e. The molecule has 6 nitrogen and oxygen atoms in total. The van der Waals surface area contributed by atoms with Crippen molar-refractivity contribution >= 4 is 23.1 Å². The van der Waals surface area contributed by atoms with Crippen LogP contribution in [0.15, 0.2) is 42.5 Å². The Morgan fingerprint density at radius 2 is 1.95 bits per heavy atom. The molecule has 0 atom stereocenters. The number of nitrogen functional groups attached to an aromatic ring is 1. The third-order valence-electron chi connectivity index (χ3n) is 2.78. The van der Waals surface area contributed by atoms with Gasteiger partial charge in [-0.15, -0.1) is 0 Å². The number of hydrogen-bond donors (Lipinski definition) is 2. The lowest BCUT2D eigenvalue weighted by Gasteiger charge is -2.08. The molecular formula is C14H12ClN3O3. The Kier molecular flexibility index (Phi) is 4.39. The van der Waals surface area contributed by atoms with Gasteiger partial charge < -0.3 is 10.5 Å². The van der Waals surface area contributed by atoms with Crippen LogP contribution < -0.4 is 10.5 Å². The van der Waals surface area contributed by atoms with Crippen LogP contribution in [0, 0.1) is 15.5 Å². The molecule has 7 heteroatoms. The second-order valence-corrected chi connectivity index (χ2v) is 4.70. The van der Waals surface area contributed by atoms with Gasteiger partial charge in [-0.1, -0.05) is 35.9 Å². The number of nitro groups is 1. The number of hydrogen-bond acceptors (Lipinski definition) is 4. The minimum absolute atomic E-state index is 0.0204. The van der Waals surface area contributed by atoms with Crippen molar-refractivity contribution in [3.8, 4) is 5.75 Å². The van der Waals surface area contributed by atoms with Crippen LogP contribution in [0.2, 0.25) is 5.02 Å². The average molecular weight is 306 g/mol. The molecule has 0 aliphatic rings. The van der Waals surface area contributed by atoms with E-state index >= 15 is 0 Å². The fourth-order valence-corrected chi connectivity index (χ4v) is 1.86.